The number of benzene rings is 1. The highest BCUT2D eigenvalue weighted by Gasteiger charge is 2.15. The van der Waals surface area contributed by atoms with Crippen LogP contribution in [0.5, 0.6) is 0 Å². The van der Waals surface area contributed by atoms with E-state index in [4.69, 9.17) is 4.42 Å². The van der Waals surface area contributed by atoms with Gasteiger partial charge in [0.2, 0.25) is 5.89 Å². The molecule has 7 heteroatoms. The summed E-state index contributed by atoms with van der Waals surface area (Å²) in [6.45, 7) is 4.08. The molecule has 2 aromatic heterocycles. The molecule has 1 aromatic carbocycles. The average molecular weight is 352 g/mol. The van der Waals surface area contributed by atoms with Crippen LogP contribution in [0, 0.1) is 0 Å². The summed E-state index contributed by atoms with van der Waals surface area (Å²) < 4.78 is 5.35. The lowest BCUT2D eigenvalue weighted by molar-refractivity contribution is 0.0929. The predicted octanol–water partition coefficient (Wildman–Crippen LogP) is 3.46. The van der Waals surface area contributed by atoms with E-state index in [9.17, 15) is 9.59 Å². The van der Waals surface area contributed by atoms with Gasteiger partial charge in [0.05, 0.1) is 11.9 Å². The molecular formula is C19H20N4O3. The average Bonchev–Trinajstić information content (AvgIpc) is 3.35. The number of carbonyl (C=O) groups is 2. The normalized spacial score (nSPS) is 10.9. The van der Waals surface area contributed by atoms with Gasteiger partial charge in [-0.1, -0.05) is 26.0 Å². The quantitative estimate of drug-likeness (QED) is 0.634. The molecule has 2 heterocycles. The maximum Gasteiger partial charge on any atom is 0.269 e. The molecule has 0 atom stereocenters. The van der Waals surface area contributed by atoms with Crippen LogP contribution < -0.4 is 5.32 Å². The summed E-state index contributed by atoms with van der Waals surface area (Å²) in [4.78, 5) is 27.1. The largest absolute Gasteiger partial charge is 0.433 e. The summed E-state index contributed by atoms with van der Waals surface area (Å²) in [7, 11) is 0. The van der Waals surface area contributed by atoms with E-state index in [1.807, 2.05) is 38.1 Å². The zero-order valence-electron chi connectivity index (χ0n) is 14.7. The van der Waals surface area contributed by atoms with Gasteiger partial charge in [-0.2, -0.15) is 5.10 Å². The van der Waals surface area contributed by atoms with Crippen molar-refractivity contribution in [2.24, 2.45) is 0 Å². The molecule has 134 valence electrons. The van der Waals surface area contributed by atoms with Crippen molar-refractivity contribution in [3.63, 3.8) is 0 Å². The van der Waals surface area contributed by atoms with Gasteiger partial charge in [-0.15, -0.1) is 0 Å². The summed E-state index contributed by atoms with van der Waals surface area (Å²) in [6.07, 6.45) is 3.75. The lowest BCUT2D eigenvalue weighted by atomic mass is 10.1. The summed E-state index contributed by atoms with van der Waals surface area (Å²) in [5.41, 5.74) is 2.59. The minimum atomic E-state index is -0.170. The number of nitrogens with zero attached hydrogens (tertiary/aromatic N) is 2. The van der Waals surface area contributed by atoms with Gasteiger partial charge in [0.15, 0.2) is 12.0 Å². The van der Waals surface area contributed by atoms with Crippen LogP contribution in [0.3, 0.4) is 0 Å². The molecule has 0 radical (unpaired) electrons. The maximum absolute atomic E-state index is 12.3. The van der Waals surface area contributed by atoms with Crippen LogP contribution >= 0.6 is 0 Å². The van der Waals surface area contributed by atoms with Crippen LogP contribution in [0.1, 0.15) is 47.7 Å². The fourth-order valence-electron chi connectivity index (χ4n) is 2.63. The Kier molecular flexibility index (Phi) is 5.26. The third-order valence-electron chi connectivity index (χ3n) is 4.19. The Morgan fingerprint density at radius 3 is 2.73 bits per heavy atom. The molecule has 0 fully saturated rings. The Hall–Kier alpha value is -3.22. The highest BCUT2D eigenvalue weighted by molar-refractivity contribution is 5.93. The van der Waals surface area contributed by atoms with Gasteiger partial charge in [0.1, 0.15) is 5.69 Å². The first-order valence-electron chi connectivity index (χ1n) is 8.52. The number of rotatable bonds is 7. The van der Waals surface area contributed by atoms with Gasteiger partial charge in [-0.05, 0) is 31.0 Å². The molecule has 0 bridgehead atoms. The lowest BCUT2D eigenvalue weighted by Gasteiger charge is -2.13. The third kappa shape index (κ3) is 3.72. The fourth-order valence-corrected chi connectivity index (χ4v) is 2.63. The summed E-state index contributed by atoms with van der Waals surface area (Å²) >= 11 is 0. The van der Waals surface area contributed by atoms with Gasteiger partial charge in [0.25, 0.3) is 5.91 Å². The Balaban J connectivity index is 1.82. The van der Waals surface area contributed by atoms with Crippen molar-refractivity contribution in [3.8, 4) is 22.7 Å². The van der Waals surface area contributed by atoms with E-state index < -0.39 is 0 Å². The summed E-state index contributed by atoms with van der Waals surface area (Å²) in [6, 6.07) is 9.26. The smallest absolute Gasteiger partial charge is 0.269 e. The molecule has 0 aliphatic heterocycles. The van der Waals surface area contributed by atoms with E-state index >= 15 is 0 Å². The summed E-state index contributed by atoms with van der Waals surface area (Å²) in [5, 5.41) is 9.99. The molecule has 26 heavy (non-hydrogen) atoms. The van der Waals surface area contributed by atoms with Crippen molar-refractivity contribution in [2.75, 3.05) is 0 Å². The van der Waals surface area contributed by atoms with E-state index in [1.54, 1.807) is 6.07 Å². The van der Waals surface area contributed by atoms with Crippen LogP contribution in [0.15, 0.2) is 40.9 Å². The van der Waals surface area contributed by atoms with Gasteiger partial charge in [0, 0.05) is 17.2 Å². The molecular weight excluding hydrogens is 332 g/mol. The van der Waals surface area contributed by atoms with E-state index in [0.29, 0.717) is 23.6 Å². The van der Waals surface area contributed by atoms with Gasteiger partial charge in [-0.25, -0.2) is 4.98 Å². The molecule has 0 saturated carbocycles. The summed E-state index contributed by atoms with van der Waals surface area (Å²) in [5.74, 6) is 0.360. The molecule has 7 nitrogen and oxygen atoms in total. The molecule has 3 rings (SSSR count). The molecule has 3 aromatic rings. The first kappa shape index (κ1) is 17.6. The lowest BCUT2D eigenvalue weighted by Crippen LogP contribution is -2.33. The van der Waals surface area contributed by atoms with E-state index in [1.165, 1.54) is 6.20 Å². The number of oxazole rings is 1. The first-order valence-corrected chi connectivity index (χ1v) is 8.52. The SMILES string of the molecule is CCC(CC)NC(=O)c1cc(-c2cccc(-c3ncc(C=O)o3)c2)n[nH]1. The second kappa shape index (κ2) is 7.77. The Bertz CT molecular complexity index is 909. The van der Waals surface area contributed by atoms with Crippen molar-refractivity contribution < 1.29 is 14.0 Å². The first-order chi connectivity index (χ1) is 12.6. The van der Waals surface area contributed by atoms with Crippen molar-refractivity contribution in [1.82, 2.24) is 20.5 Å². The zero-order chi connectivity index (χ0) is 18.5. The number of hydrogen-bond acceptors (Lipinski definition) is 5. The molecule has 0 spiro atoms. The topological polar surface area (TPSA) is 101 Å². The number of aromatic amines is 1. The van der Waals surface area contributed by atoms with E-state index in [0.717, 1.165) is 24.0 Å². The predicted molar refractivity (Wildman–Crippen MR) is 96.7 cm³/mol. The van der Waals surface area contributed by atoms with Crippen molar-refractivity contribution in [2.45, 2.75) is 32.7 Å². The zero-order valence-corrected chi connectivity index (χ0v) is 14.7. The van der Waals surface area contributed by atoms with Crippen LogP contribution in [0.2, 0.25) is 0 Å². The van der Waals surface area contributed by atoms with Crippen LogP contribution in [-0.4, -0.2) is 33.4 Å². The van der Waals surface area contributed by atoms with Crippen molar-refractivity contribution in [3.05, 3.63) is 48.0 Å². The number of aromatic nitrogens is 3. The number of hydrogen-bond donors (Lipinski definition) is 2. The third-order valence-corrected chi connectivity index (χ3v) is 4.19. The number of carbonyl (C=O) groups excluding carboxylic acids is 2. The van der Waals surface area contributed by atoms with Crippen molar-refractivity contribution >= 4 is 12.2 Å². The van der Waals surface area contributed by atoms with Crippen LogP contribution in [-0.2, 0) is 0 Å². The van der Waals surface area contributed by atoms with Crippen LogP contribution in [0.4, 0.5) is 0 Å². The molecule has 0 saturated heterocycles. The molecule has 0 aliphatic carbocycles. The molecule has 1 amide bonds. The molecule has 0 aliphatic rings. The monoisotopic (exact) mass is 352 g/mol. The van der Waals surface area contributed by atoms with Crippen molar-refractivity contribution in [1.29, 1.82) is 0 Å². The van der Waals surface area contributed by atoms with Gasteiger partial charge >= 0.3 is 0 Å². The fraction of sp³-hybridized carbons (Fsp3) is 0.263. The standard InChI is InChI=1S/C19H20N4O3/c1-3-14(4-2)21-18(25)17-9-16(22-23-17)12-6-5-7-13(8-12)19-20-10-15(11-24)26-19/h5-11,14H,3-4H2,1-2H3,(H,21,25)(H,22,23). The highest BCUT2D eigenvalue weighted by Crippen LogP contribution is 2.25. The Morgan fingerprint density at radius 2 is 2.04 bits per heavy atom. The van der Waals surface area contributed by atoms with Gasteiger partial charge in [-0.3, -0.25) is 14.7 Å². The highest BCUT2D eigenvalue weighted by atomic mass is 16.4. The number of H-pyrrole nitrogens is 1. The van der Waals surface area contributed by atoms with Gasteiger partial charge < -0.3 is 9.73 Å². The van der Waals surface area contributed by atoms with Crippen LogP contribution in [0.25, 0.3) is 22.7 Å². The Labute approximate surface area is 150 Å². The number of nitrogens with one attached hydrogen (secondary N) is 2. The molecule has 0 unspecified atom stereocenters. The minimum Gasteiger partial charge on any atom is -0.433 e. The Morgan fingerprint density at radius 1 is 1.27 bits per heavy atom. The van der Waals surface area contributed by atoms with E-state index in [2.05, 4.69) is 20.5 Å². The molecule has 2 N–H and O–H groups in total. The number of aldehydes is 1. The van der Waals surface area contributed by atoms with E-state index in [-0.39, 0.29) is 17.7 Å². The number of amides is 1. The minimum absolute atomic E-state index is 0.148. The maximum atomic E-state index is 12.3. The second-order valence-electron chi connectivity index (χ2n) is 5.92. The second-order valence-corrected chi connectivity index (χ2v) is 5.92.